The van der Waals surface area contributed by atoms with E-state index in [4.69, 9.17) is 0 Å². The molecule has 1 aromatic rings. The minimum Gasteiger partial charge on any atom is -0.356 e. The van der Waals surface area contributed by atoms with Crippen molar-refractivity contribution in [1.29, 1.82) is 0 Å². The first-order valence-corrected chi connectivity index (χ1v) is 4.16. The molecule has 0 saturated heterocycles. The monoisotopic (exact) mass is 181 g/mol. The third-order valence-corrected chi connectivity index (χ3v) is 1.81. The van der Waals surface area contributed by atoms with Crippen LogP contribution in [-0.2, 0) is 11.2 Å². The summed E-state index contributed by atoms with van der Waals surface area (Å²) < 4.78 is 12.5. The van der Waals surface area contributed by atoms with Crippen LogP contribution in [-0.4, -0.2) is 12.5 Å². The van der Waals surface area contributed by atoms with Crippen molar-refractivity contribution in [3.05, 3.63) is 35.6 Å². The van der Waals surface area contributed by atoms with E-state index in [1.54, 1.807) is 12.1 Å². The molecule has 1 amide bonds. The van der Waals surface area contributed by atoms with E-state index in [-0.39, 0.29) is 11.9 Å². The zero-order chi connectivity index (χ0) is 9.68. The Kier molecular flexibility index (Phi) is 3.43. The highest BCUT2D eigenvalue weighted by Crippen LogP contribution is 2.05. The van der Waals surface area contributed by atoms with Crippen LogP contribution in [0.25, 0.3) is 0 Å². The molecule has 0 unspecified atom stereocenters. The Morgan fingerprint density at radius 2 is 2.08 bits per heavy atom. The third kappa shape index (κ3) is 3.23. The molecule has 0 radical (unpaired) electrons. The van der Waals surface area contributed by atoms with E-state index >= 15 is 0 Å². The molecule has 70 valence electrons. The normalized spacial score (nSPS) is 12.2. The summed E-state index contributed by atoms with van der Waals surface area (Å²) in [6.07, 6.45) is 1.40. The molecule has 0 aliphatic heterocycles. The van der Waals surface area contributed by atoms with Crippen molar-refractivity contribution in [3.63, 3.8) is 0 Å². The zero-order valence-electron chi connectivity index (χ0n) is 7.46. The van der Waals surface area contributed by atoms with E-state index in [0.29, 0.717) is 6.41 Å². The number of benzene rings is 1. The second-order valence-electron chi connectivity index (χ2n) is 3.02. The summed E-state index contributed by atoms with van der Waals surface area (Å²) in [7, 11) is 0. The summed E-state index contributed by atoms with van der Waals surface area (Å²) in [5.74, 6) is -0.236. The standard InChI is InChI=1S/C10H12FNO/c1-8(12-7-13)6-9-2-4-10(11)5-3-9/h2-5,7-8H,6H2,1H3,(H,12,13)/t8-/m0/s1. The summed E-state index contributed by atoms with van der Waals surface area (Å²) in [5, 5.41) is 2.63. The Balaban J connectivity index is 2.53. The van der Waals surface area contributed by atoms with Gasteiger partial charge in [-0.3, -0.25) is 4.79 Å². The van der Waals surface area contributed by atoms with Gasteiger partial charge in [0.2, 0.25) is 6.41 Å². The minimum absolute atomic E-state index is 0.0861. The Morgan fingerprint density at radius 3 is 2.62 bits per heavy atom. The summed E-state index contributed by atoms with van der Waals surface area (Å²) in [5.41, 5.74) is 1.02. The molecular formula is C10H12FNO. The van der Waals surface area contributed by atoms with Crippen LogP contribution in [0, 0.1) is 5.82 Å². The van der Waals surface area contributed by atoms with E-state index in [2.05, 4.69) is 5.32 Å². The predicted octanol–water partition coefficient (Wildman–Crippen LogP) is 1.50. The van der Waals surface area contributed by atoms with Gasteiger partial charge in [0.05, 0.1) is 0 Å². The lowest BCUT2D eigenvalue weighted by molar-refractivity contribution is -0.110. The summed E-state index contributed by atoms with van der Waals surface area (Å²) in [6, 6.07) is 6.37. The van der Waals surface area contributed by atoms with Crippen LogP contribution in [0.2, 0.25) is 0 Å². The first-order chi connectivity index (χ1) is 6.22. The maximum atomic E-state index is 12.5. The number of carbonyl (C=O) groups is 1. The minimum atomic E-state index is -0.236. The lowest BCUT2D eigenvalue weighted by Gasteiger charge is -2.09. The average Bonchev–Trinajstić information content (AvgIpc) is 2.09. The molecular weight excluding hydrogens is 169 g/mol. The van der Waals surface area contributed by atoms with Gasteiger partial charge >= 0.3 is 0 Å². The Hall–Kier alpha value is -1.38. The fraction of sp³-hybridized carbons (Fsp3) is 0.300. The van der Waals surface area contributed by atoms with Gasteiger partial charge in [-0.25, -0.2) is 4.39 Å². The maximum absolute atomic E-state index is 12.5. The highest BCUT2D eigenvalue weighted by atomic mass is 19.1. The summed E-state index contributed by atoms with van der Waals surface area (Å²) in [4.78, 5) is 10.1. The van der Waals surface area contributed by atoms with Crippen LogP contribution in [0.5, 0.6) is 0 Å². The molecule has 1 aromatic carbocycles. The van der Waals surface area contributed by atoms with Crippen molar-refractivity contribution in [1.82, 2.24) is 5.32 Å². The topological polar surface area (TPSA) is 29.1 Å². The molecule has 2 nitrogen and oxygen atoms in total. The Labute approximate surface area is 76.8 Å². The highest BCUT2D eigenvalue weighted by molar-refractivity contribution is 5.46. The van der Waals surface area contributed by atoms with Crippen LogP contribution in [0.3, 0.4) is 0 Å². The first kappa shape index (κ1) is 9.71. The average molecular weight is 181 g/mol. The van der Waals surface area contributed by atoms with Crippen molar-refractivity contribution in [2.45, 2.75) is 19.4 Å². The van der Waals surface area contributed by atoms with Crippen LogP contribution in [0.1, 0.15) is 12.5 Å². The smallest absolute Gasteiger partial charge is 0.207 e. The van der Waals surface area contributed by atoms with E-state index in [0.717, 1.165) is 12.0 Å². The first-order valence-electron chi connectivity index (χ1n) is 4.16. The Bertz CT molecular complexity index is 271. The molecule has 0 bridgehead atoms. The molecule has 0 heterocycles. The van der Waals surface area contributed by atoms with Crippen LogP contribution < -0.4 is 5.32 Å². The molecule has 0 spiro atoms. The van der Waals surface area contributed by atoms with Gasteiger partial charge in [-0.2, -0.15) is 0 Å². The molecule has 0 aliphatic carbocycles. The number of amides is 1. The van der Waals surface area contributed by atoms with Crippen molar-refractivity contribution in [2.75, 3.05) is 0 Å². The second-order valence-corrected chi connectivity index (χ2v) is 3.02. The van der Waals surface area contributed by atoms with Crippen molar-refractivity contribution < 1.29 is 9.18 Å². The number of carbonyl (C=O) groups excluding carboxylic acids is 1. The van der Waals surface area contributed by atoms with Gasteiger partial charge in [-0.15, -0.1) is 0 Å². The van der Waals surface area contributed by atoms with Crippen molar-refractivity contribution >= 4 is 6.41 Å². The number of nitrogens with one attached hydrogen (secondary N) is 1. The molecule has 1 N–H and O–H groups in total. The van der Waals surface area contributed by atoms with Crippen molar-refractivity contribution in [2.24, 2.45) is 0 Å². The van der Waals surface area contributed by atoms with Crippen LogP contribution >= 0.6 is 0 Å². The summed E-state index contributed by atoms with van der Waals surface area (Å²) >= 11 is 0. The predicted molar refractivity (Wildman–Crippen MR) is 48.8 cm³/mol. The zero-order valence-corrected chi connectivity index (χ0v) is 7.46. The highest BCUT2D eigenvalue weighted by Gasteiger charge is 2.01. The lowest BCUT2D eigenvalue weighted by Crippen LogP contribution is -2.26. The van der Waals surface area contributed by atoms with Gasteiger partial charge in [-0.05, 0) is 31.0 Å². The lowest BCUT2D eigenvalue weighted by atomic mass is 10.1. The van der Waals surface area contributed by atoms with Gasteiger partial charge in [-0.1, -0.05) is 12.1 Å². The van der Waals surface area contributed by atoms with E-state index in [1.807, 2.05) is 6.92 Å². The van der Waals surface area contributed by atoms with Crippen LogP contribution in [0.15, 0.2) is 24.3 Å². The molecule has 1 atom stereocenters. The summed E-state index contributed by atoms with van der Waals surface area (Å²) in [6.45, 7) is 1.90. The van der Waals surface area contributed by atoms with Crippen molar-refractivity contribution in [3.8, 4) is 0 Å². The van der Waals surface area contributed by atoms with Gasteiger partial charge in [0.25, 0.3) is 0 Å². The van der Waals surface area contributed by atoms with Gasteiger partial charge < -0.3 is 5.32 Å². The quantitative estimate of drug-likeness (QED) is 0.701. The van der Waals surface area contributed by atoms with Crippen LogP contribution in [0.4, 0.5) is 4.39 Å². The fourth-order valence-electron chi connectivity index (χ4n) is 1.15. The number of hydrogen-bond acceptors (Lipinski definition) is 1. The fourth-order valence-corrected chi connectivity index (χ4v) is 1.15. The van der Waals surface area contributed by atoms with E-state index in [9.17, 15) is 9.18 Å². The molecule has 3 heteroatoms. The number of hydrogen-bond donors (Lipinski definition) is 1. The van der Waals surface area contributed by atoms with E-state index < -0.39 is 0 Å². The molecule has 1 rings (SSSR count). The second kappa shape index (κ2) is 4.60. The molecule has 0 fully saturated rings. The Morgan fingerprint density at radius 1 is 1.46 bits per heavy atom. The maximum Gasteiger partial charge on any atom is 0.207 e. The molecule has 0 aliphatic rings. The van der Waals surface area contributed by atoms with Gasteiger partial charge in [0, 0.05) is 6.04 Å². The number of rotatable bonds is 4. The molecule has 0 saturated carbocycles. The SMILES string of the molecule is C[C@@H](Cc1ccc(F)cc1)NC=O. The molecule has 0 aromatic heterocycles. The van der Waals surface area contributed by atoms with E-state index in [1.165, 1.54) is 12.1 Å². The molecule has 13 heavy (non-hydrogen) atoms. The number of halogens is 1. The third-order valence-electron chi connectivity index (χ3n) is 1.81. The van der Waals surface area contributed by atoms with Gasteiger partial charge in [0.1, 0.15) is 5.82 Å². The largest absolute Gasteiger partial charge is 0.356 e. The van der Waals surface area contributed by atoms with Gasteiger partial charge in [0.15, 0.2) is 0 Å².